The molecule has 1 aliphatic rings. The number of thiophene rings is 1. The molecule has 5 nitrogen and oxygen atoms in total. The van der Waals surface area contributed by atoms with Crippen molar-refractivity contribution in [3.8, 4) is 0 Å². The third kappa shape index (κ3) is 2.78. The largest absolute Gasteiger partial charge is 0.481 e. The van der Waals surface area contributed by atoms with Gasteiger partial charge in [0.15, 0.2) is 0 Å². The van der Waals surface area contributed by atoms with E-state index in [-0.39, 0.29) is 23.2 Å². The number of hydrogen-bond acceptors (Lipinski definition) is 4. The molecule has 0 amide bonds. The molecular weight excluding hydrogens is 378 g/mol. The predicted octanol–water partition coefficient (Wildman–Crippen LogP) is 2.94. The Balaban J connectivity index is 2.34. The molecule has 2 heterocycles. The first-order chi connectivity index (χ1) is 9.61. The molecule has 0 radical (unpaired) electrons. The highest BCUT2D eigenvalue weighted by atomic mass is 79.9. The summed E-state index contributed by atoms with van der Waals surface area (Å²) in [5.41, 5.74) is -0.123. The fourth-order valence-corrected chi connectivity index (χ4v) is 6.47. The topological polar surface area (TPSA) is 74.7 Å². The minimum atomic E-state index is -3.62. The number of sulfonamides is 1. The maximum absolute atomic E-state index is 12.7. The maximum atomic E-state index is 12.7. The van der Waals surface area contributed by atoms with Crippen LogP contribution in [0.25, 0.3) is 0 Å². The third-order valence-electron chi connectivity index (χ3n) is 4.23. The summed E-state index contributed by atoms with van der Waals surface area (Å²) in [7, 11) is -3.62. The molecule has 0 bridgehead atoms. The Morgan fingerprint density at radius 2 is 2.14 bits per heavy atom. The van der Waals surface area contributed by atoms with Crippen LogP contribution in [0.1, 0.15) is 25.8 Å². The zero-order chi connectivity index (χ0) is 16.0. The molecule has 8 heteroatoms. The number of carbonyl (C=O) groups is 1. The fraction of sp³-hybridized carbons (Fsp3) is 0.615. The van der Waals surface area contributed by atoms with E-state index >= 15 is 0 Å². The van der Waals surface area contributed by atoms with Crippen molar-refractivity contribution in [1.82, 2.24) is 4.31 Å². The second-order valence-electron chi connectivity index (χ2n) is 5.73. The second-order valence-corrected chi connectivity index (χ2v) is 10.3. The Kier molecular flexibility index (Phi) is 4.55. The monoisotopic (exact) mass is 395 g/mol. The molecule has 1 saturated heterocycles. The van der Waals surface area contributed by atoms with Crippen molar-refractivity contribution in [2.24, 2.45) is 11.3 Å². The first kappa shape index (κ1) is 16.9. The van der Waals surface area contributed by atoms with Crippen LogP contribution in [-0.4, -0.2) is 36.9 Å². The van der Waals surface area contributed by atoms with Crippen molar-refractivity contribution in [2.75, 3.05) is 13.1 Å². The highest BCUT2D eigenvalue weighted by Gasteiger charge is 2.50. The summed E-state index contributed by atoms with van der Waals surface area (Å²) < 4.78 is 27.7. The number of carboxylic acids is 1. The zero-order valence-electron chi connectivity index (χ0n) is 12.1. The summed E-state index contributed by atoms with van der Waals surface area (Å²) in [6.45, 7) is 5.78. The molecule has 118 valence electrons. The van der Waals surface area contributed by atoms with Gasteiger partial charge in [-0.05, 0) is 46.8 Å². The van der Waals surface area contributed by atoms with Gasteiger partial charge in [-0.3, -0.25) is 4.79 Å². The highest BCUT2D eigenvalue weighted by molar-refractivity contribution is 9.11. The molecule has 1 aromatic rings. The lowest BCUT2D eigenvalue weighted by Gasteiger charge is -2.28. The molecule has 1 fully saturated rings. The Morgan fingerprint density at radius 1 is 1.52 bits per heavy atom. The molecule has 1 N–H and O–H groups in total. The van der Waals surface area contributed by atoms with Crippen molar-refractivity contribution < 1.29 is 18.3 Å². The molecule has 1 aromatic heterocycles. The lowest BCUT2D eigenvalue weighted by molar-refractivity contribution is -0.150. The smallest absolute Gasteiger partial charge is 0.311 e. The van der Waals surface area contributed by atoms with Crippen molar-refractivity contribution in [1.29, 1.82) is 0 Å². The molecule has 0 aliphatic carbocycles. The SMILES string of the molecule is Cc1cc(S(=O)(=O)N2CCC(C(=O)O)(C(C)C)C2)sc1Br. The fourth-order valence-electron chi connectivity index (χ4n) is 2.58. The second kappa shape index (κ2) is 5.64. The summed E-state index contributed by atoms with van der Waals surface area (Å²) in [6.07, 6.45) is 0.352. The molecule has 21 heavy (non-hydrogen) atoms. The lowest BCUT2D eigenvalue weighted by atomic mass is 9.77. The molecule has 1 atom stereocenters. The van der Waals surface area contributed by atoms with Gasteiger partial charge in [-0.2, -0.15) is 4.31 Å². The van der Waals surface area contributed by atoms with Gasteiger partial charge in [0.25, 0.3) is 10.0 Å². The molecule has 0 saturated carbocycles. The van der Waals surface area contributed by atoms with E-state index in [0.717, 1.165) is 20.7 Å². The van der Waals surface area contributed by atoms with Crippen LogP contribution in [0.5, 0.6) is 0 Å². The van der Waals surface area contributed by atoms with Crippen LogP contribution in [0, 0.1) is 18.3 Å². The molecule has 2 rings (SSSR count). The van der Waals surface area contributed by atoms with E-state index < -0.39 is 21.4 Å². The Hall–Kier alpha value is -0.440. The van der Waals surface area contributed by atoms with Crippen LogP contribution < -0.4 is 0 Å². The zero-order valence-corrected chi connectivity index (χ0v) is 15.3. The van der Waals surface area contributed by atoms with E-state index in [0.29, 0.717) is 6.42 Å². The van der Waals surface area contributed by atoms with Crippen molar-refractivity contribution in [3.63, 3.8) is 0 Å². The summed E-state index contributed by atoms with van der Waals surface area (Å²) >= 11 is 4.49. The number of aryl methyl sites for hydroxylation is 1. The van der Waals surface area contributed by atoms with Crippen molar-refractivity contribution >= 4 is 43.3 Å². The average molecular weight is 396 g/mol. The van der Waals surface area contributed by atoms with Gasteiger partial charge < -0.3 is 5.11 Å². The van der Waals surface area contributed by atoms with Gasteiger partial charge >= 0.3 is 5.97 Å². The Bertz CT molecular complexity index is 648. The average Bonchev–Trinajstić information content (AvgIpc) is 2.96. The van der Waals surface area contributed by atoms with Gasteiger partial charge in [0.05, 0.1) is 9.20 Å². The first-order valence-electron chi connectivity index (χ1n) is 6.61. The summed E-state index contributed by atoms with van der Waals surface area (Å²) in [4.78, 5) is 11.6. The van der Waals surface area contributed by atoms with E-state index in [1.54, 1.807) is 6.07 Å². The minimum Gasteiger partial charge on any atom is -0.481 e. The molecule has 0 spiro atoms. The summed E-state index contributed by atoms with van der Waals surface area (Å²) in [5.74, 6) is -1.04. The third-order valence-corrected chi connectivity index (χ3v) is 8.66. The highest BCUT2D eigenvalue weighted by Crippen LogP contribution is 2.41. The summed E-state index contributed by atoms with van der Waals surface area (Å²) in [6, 6.07) is 1.63. The van der Waals surface area contributed by atoms with Crippen LogP contribution in [0.2, 0.25) is 0 Å². The standard InChI is InChI=1S/C13H18BrNO4S2/c1-8(2)13(12(16)17)4-5-15(7-13)21(18,19)10-6-9(3)11(14)20-10/h6,8H,4-5,7H2,1-3H3,(H,16,17). The van der Waals surface area contributed by atoms with Gasteiger partial charge in [0.1, 0.15) is 4.21 Å². The number of rotatable bonds is 4. The number of nitrogens with zero attached hydrogens (tertiary/aromatic N) is 1. The van der Waals surface area contributed by atoms with E-state index in [1.165, 1.54) is 4.31 Å². The molecule has 0 aromatic carbocycles. The van der Waals surface area contributed by atoms with Gasteiger partial charge in [-0.25, -0.2) is 8.42 Å². The number of aliphatic carboxylic acids is 1. The van der Waals surface area contributed by atoms with Gasteiger partial charge in [-0.15, -0.1) is 11.3 Å². The molecule has 1 unspecified atom stereocenters. The van der Waals surface area contributed by atoms with E-state index in [9.17, 15) is 18.3 Å². The first-order valence-corrected chi connectivity index (χ1v) is 9.65. The van der Waals surface area contributed by atoms with Gasteiger partial charge in [0, 0.05) is 13.1 Å². The van der Waals surface area contributed by atoms with Gasteiger partial charge in [-0.1, -0.05) is 13.8 Å². The van der Waals surface area contributed by atoms with E-state index in [1.807, 2.05) is 20.8 Å². The van der Waals surface area contributed by atoms with Gasteiger partial charge in [0.2, 0.25) is 0 Å². The Labute approximate surface area is 137 Å². The number of carboxylic acid groups (broad SMARTS) is 1. The lowest BCUT2D eigenvalue weighted by Crippen LogP contribution is -2.40. The summed E-state index contributed by atoms with van der Waals surface area (Å²) in [5, 5.41) is 9.51. The normalized spacial score (nSPS) is 23.9. The Morgan fingerprint density at radius 3 is 2.52 bits per heavy atom. The van der Waals surface area contributed by atoms with Crippen molar-refractivity contribution in [3.05, 3.63) is 15.4 Å². The predicted molar refractivity (Wildman–Crippen MR) is 85.0 cm³/mol. The number of hydrogen-bond donors (Lipinski definition) is 1. The molecular formula is C13H18BrNO4S2. The van der Waals surface area contributed by atoms with Crippen LogP contribution in [0.4, 0.5) is 0 Å². The van der Waals surface area contributed by atoms with E-state index in [4.69, 9.17) is 0 Å². The van der Waals surface area contributed by atoms with Crippen LogP contribution in [-0.2, 0) is 14.8 Å². The van der Waals surface area contributed by atoms with Crippen LogP contribution in [0.15, 0.2) is 14.1 Å². The van der Waals surface area contributed by atoms with E-state index in [2.05, 4.69) is 15.9 Å². The minimum absolute atomic E-state index is 0.0386. The van der Waals surface area contributed by atoms with Crippen molar-refractivity contribution in [2.45, 2.75) is 31.4 Å². The van der Waals surface area contributed by atoms with Crippen LogP contribution >= 0.6 is 27.3 Å². The quantitative estimate of drug-likeness (QED) is 0.849. The van der Waals surface area contributed by atoms with Crippen LogP contribution in [0.3, 0.4) is 0 Å². The molecule has 1 aliphatic heterocycles. The maximum Gasteiger partial charge on any atom is 0.311 e. The number of halogens is 1.